The number of methoxy groups -OCH3 is 1. The number of esters is 1. The van der Waals surface area contributed by atoms with Crippen molar-refractivity contribution >= 4 is 23.5 Å². The molecule has 0 radical (unpaired) electrons. The Kier molecular flexibility index (Phi) is 5.20. The first-order chi connectivity index (χ1) is 16.9. The summed E-state index contributed by atoms with van der Waals surface area (Å²) < 4.78 is 17.7. The Morgan fingerprint density at radius 3 is 2.71 bits per heavy atom. The average Bonchev–Trinajstić information content (AvgIpc) is 3.43. The molecule has 178 valence electrons. The van der Waals surface area contributed by atoms with Crippen LogP contribution in [0.1, 0.15) is 22.6 Å². The monoisotopic (exact) mass is 473 g/mol. The number of rotatable bonds is 5. The number of fused-ring (bicyclic) bond motifs is 4. The number of amides is 1. The highest BCUT2D eigenvalue weighted by molar-refractivity contribution is 6.18. The summed E-state index contributed by atoms with van der Waals surface area (Å²) in [5.74, 6) is -2.70. The minimum absolute atomic E-state index is 0.00920. The van der Waals surface area contributed by atoms with Crippen molar-refractivity contribution in [2.45, 2.75) is 18.9 Å². The van der Waals surface area contributed by atoms with E-state index < -0.39 is 34.7 Å². The van der Waals surface area contributed by atoms with Gasteiger partial charge in [0.1, 0.15) is 16.9 Å². The molecule has 0 bridgehead atoms. The molecule has 1 aromatic carbocycles. The first kappa shape index (κ1) is 22.4. The number of nitrogens with one attached hydrogen (secondary N) is 1. The van der Waals surface area contributed by atoms with E-state index in [1.54, 1.807) is 55.5 Å². The molecule has 9 heteroatoms. The van der Waals surface area contributed by atoms with Crippen LogP contribution in [-0.2, 0) is 26.3 Å². The van der Waals surface area contributed by atoms with Crippen molar-refractivity contribution in [3.63, 3.8) is 0 Å². The van der Waals surface area contributed by atoms with E-state index in [1.165, 1.54) is 22.8 Å². The fourth-order valence-corrected chi connectivity index (χ4v) is 5.17. The molecule has 9 nitrogen and oxygen atoms in total. The number of carbonyl (C=O) groups excluding carboxylic acids is 2. The van der Waals surface area contributed by atoms with Gasteiger partial charge in [-0.25, -0.2) is 0 Å². The van der Waals surface area contributed by atoms with Gasteiger partial charge in [-0.15, -0.1) is 6.58 Å². The number of benzene rings is 1. The largest absolute Gasteiger partial charge is 0.468 e. The molecule has 2 unspecified atom stereocenters. The van der Waals surface area contributed by atoms with E-state index in [4.69, 9.17) is 19.3 Å². The minimum atomic E-state index is -1.84. The summed E-state index contributed by atoms with van der Waals surface area (Å²) in [7, 11) is 1.18. The molecule has 2 aliphatic rings. The maximum absolute atomic E-state index is 14.3. The summed E-state index contributed by atoms with van der Waals surface area (Å²) >= 11 is 0. The molecule has 0 saturated heterocycles. The van der Waals surface area contributed by atoms with Crippen LogP contribution >= 0.6 is 0 Å². The molecule has 3 aromatic rings. The second-order valence-electron chi connectivity index (χ2n) is 8.45. The van der Waals surface area contributed by atoms with Crippen molar-refractivity contribution in [2.24, 2.45) is 5.92 Å². The van der Waals surface area contributed by atoms with Crippen LogP contribution in [0.3, 0.4) is 0 Å². The van der Waals surface area contributed by atoms with Gasteiger partial charge in [0.25, 0.3) is 5.56 Å². The Bertz CT molecular complexity index is 1440. The van der Waals surface area contributed by atoms with Gasteiger partial charge >= 0.3 is 5.97 Å². The number of pyridine rings is 1. The fraction of sp³-hybridized carbons (Fsp3) is 0.231. The summed E-state index contributed by atoms with van der Waals surface area (Å²) in [6.45, 7) is 5.75. The number of aromatic nitrogens is 1. The molecule has 2 aliphatic heterocycles. The van der Waals surface area contributed by atoms with Gasteiger partial charge < -0.3 is 23.4 Å². The number of aryl methyl sites for hydroxylation is 1. The number of hydrogen-bond acceptors (Lipinski definition) is 7. The quantitative estimate of drug-likeness (QED) is 0.450. The van der Waals surface area contributed by atoms with Crippen LogP contribution < -0.4 is 15.2 Å². The topological polar surface area (TPSA) is 115 Å². The Hall–Kier alpha value is -4.40. The van der Waals surface area contributed by atoms with Gasteiger partial charge in [-0.2, -0.15) is 0 Å². The summed E-state index contributed by atoms with van der Waals surface area (Å²) in [6, 6.07) is 12.0. The minimum Gasteiger partial charge on any atom is -0.468 e. The Labute approximate surface area is 200 Å². The number of carbonyl (C=O) groups is 2. The zero-order chi connectivity index (χ0) is 24.9. The molecule has 35 heavy (non-hydrogen) atoms. The van der Waals surface area contributed by atoms with E-state index >= 15 is 0 Å². The third-order valence-corrected chi connectivity index (χ3v) is 6.63. The van der Waals surface area contributed by atoms with Gasteiger partial charge in [0.05, 0.1) is 25.5 Å². The average molecular weight is 473 g/mol. The van der Waals surface area contributed by atoms with Crippen molar-refractivity contribution in [2.75, 3.05) is 18.6 Å². The van der Waals surface area contributed by atoms with E-state index in [2.05, 4.69) is 6.58 Å². The first-order valence-electron chi connectivity index (χ1n) is 11.0. The number of nitrogens with zero attached hydrogens (tertiary/aromatic N) is 2. The third kappa shape index (κ3) is 3.01. The smallest absolute Gasteiger partial charge is 0.319 e. The molecule has 0 aliphatic carbocycles. The summed E-state index contributed by atoms with van der Waals surface area (Å²) in [4.78, 5) is 43.0. The van der Waals surface area contributed by atoms with E-state index in [0.29, 0.717) is 22.7 Å². The van der Waals surface area contributed by atoms with Crippen molar-refractivity contribution in [1.82, 2.24) is 4.57 Å². The maximum atomic E-state index is 14.3. The molecule has 1 spiro atoms. The summed E-state index contributed by atoms with van der Waals surface area (Å²) in [5, 5.41) is 8.62. The van der Waals surface area contributed by atoms with Crippen LogP contribution in [0.15, 0.2) is 70.6 Å². The molecule has 0 fully saturated rings. The lowest BCUT2D eigenvalue weighted by atomic mass is 9.64. The lowest BCUT2D eigenvalue weighted by Crippen LogP contribution is -2.58. The van der Waals surface area contributed by atoms with Gasteiger partial charge in [-0.3, -0.25) is 19.8 Å². The maximum Gasteiger partial charge on any atom is 0.319 e. The molecule has 1 N–H and O–H groups in total. The van der Waals surface area contributed by atoms with Crippen LogP contribution in [0.2, 0.25) is 0 Å². The standard InChI is InChI=1S/C26H23N3O6/c1-4-11-28-18-10-6-5-9-17(18)26(25(28)32)20-19(35-22(27)21(26)24(31)33-3)13-15(2)29(23(20)30)14-16-8-7-12-34-16/h4-10,12-13,21,27H,1,11,14H2,2-3H3. The van der Waals surface area contributed by atoms with E-state index in [9.17, 15) is 14.4 Å². The first-order valence-corrected chi connectivity index (χ1v) is 11.0. The molecule has 0 saturated carbocycles. The van der Waals surface area contributed by atoms with Gasteiger partial charge in [-0.05, 0) is 30.7 Å². The van der Waals surface area contributed by atoms with E-state index in [-0.39, 0.29) is 24.4 Å². The number of furan rings is 1. The van der Waals surface area contributed by atoms with Crippen LogP contribution in [0.4, 0.5) is 5.69 Å². The normalized spacial score (nSPS) is 20.4. The Morgan fingerprint density at radius 2 is 2.03 bits per heavy atom. The van der Waals surface area contributed by atoms with Crippen molar-refractivity contribution in [3.8, 4) is 5.75 Å². The molecule has 5 rings (SSSR count). The van der Waals surface area contributed by atoms with Crippen molar-refractivity contribution in [3.05, 3.63) is 94.3 Å². The number of anilines is 1. The number of para-hydroxylation sites is 1. The molecule has 2 aromatic heterocycles. The highest BCUT2D eigenvalue weighted by Gasteiger charge is 2.65. The fourth-order valence-electron chi connectivity index (χ4n) is 5.17. The molecular weight excluding hydrogens is 450 g/mol. The molecule has 1 amide bonds. The van der Waals surface area contributed by atoms with Crippen LogP contribution in [-0.4, -0.2) is 36.0 Å². The molecular formula is C26H23N3O6. The van der Waals surface area contributed by atoms with Crippen LogP contribution in [0, 0.1) is 18.3 Å². The molecule has 2 atom stereocenters. The van der Waals surface area contributed by atoms with Gasteiger partial charge in [0.15, 0.2) is 5.92 Å². The summed E-state index contributed by atoms with van der Waals surface area (Å²) in [6.07, 6.45) is 3.08. The second kappa shape index (κ2) is 8.12. The third-order valence-electron chi connectivity index (χ3n) is 6.63. The zero-order valence-electron chi connectivity index (χ0n) is 19.2. The van der Waals surface area contributed by atoms with Crippen LogP contribution in [0.25, 0.3) is 0 Å². The Morgan fingerprint density at radius 1 is 1.26 bits per heavy atom. The van der Waals surface area contributed by atoms with Crippen molar-refractivity contribution < 1.29 is 23.5 Å². The second-order valence-corrected chi connectivity index (χ2v) is 8.45. The number of ether oxygens (including phenoxy) is 2. The Balaban J connectivity index is 1.89. The highest BCUT2D eigenvalue weighted by atomic mass is 16.5. The predicted molar refractivity (Wildman–Crippen MR) is 127 cm³/mol. The SMILES string of the molecule is C=CCN1C(=O)C2(c3ccccc31)c1c(cc(C)n(Cc3ccco3)c1=O)OC(=N)C2C(=O)OC. The van der Waals surface area contributed by atoms with Gasteiger partial charge in [0, 0.05) is 24.0 Å². The number of hydrogen-bond donors (Lipinski definition) is 1. The van der Waals surface area contributed by atoms with E-state index in [1.807, 2.05) is 0 Å². The lowest BCUT2D eigenvalue weighted by molar-refractivity contribution is -0.147. The molecule has 4 heterocycles. The lowest BCUT2D eigenvalue weighted by Gasteiger charge is -2.39. The highest BCUT2D eigenvalue weighted by Crippen LogP contribution is 2.54. The zero-order valence-corrected chi connectivity index (χ0v) is 19.2. The van der Waals surface area contributed by atoms with Crippen molar-refractivity contribution in [1.29, 1.82) is 5.41 Å². The van der Waals surface area contributed by atoms with Gasteiger partial charge in [0.2, 0.25) is 11.8 Å². The van der Waals surface area contributed by atoms with E-state index in [0.717, 1.165) is 0 Å². The predicted octanol–water partition coefficient (Wildman–Crippen LogP) is 2.78. The van der Waals surface area contributed by atoms with Crippen LogP contribution in [0.5, 0.6) is 5.75 Å². The summed E-state index contributed by atoms with van der Waals surface area (Å²) in [5.41, 5.74) is -0.850. The van der Waals surface area contributed by atoms with Gasteiger partial charge in [-0.1, -0.05) is 24.3 Å².